The van der Waals surface area contributed by atoms with E-state index in [1.807, 2.05) is 13.8 Å². The third-order valence-electron chi connectivity index (χ3n) is 3.49. The second kappa shape index (κ2) is 6.39. The van der Waals surface area contributed by atoms with E-state index in [4.69, 9.17) is 4.74 Å². The van der Waals surface area contributed by atoms with Gasteiger partial charge in [-0.1, -0.05) is 6.07 Å². The van der Waals surface area contributed by atoms with Crippen LogP contribution < -0.4 is 10.0 Å². The largest absolute Gasteiger partial charge is 0.377 e. The predicted octanol–water partition coefficient (Wildman–Crippen LogP) is 1.04. The van der Waals surface area contributed by atoms with Crippen molar-refractivity contribution in [2.75, 3.05) is 13.7 Å². The lowest BCUT2D eigenvalue weighted by molar-refractivity contribution is 0.0276. The van der Waals surface area contributed by atoms with Gasteiger partial charge in [0.2, 0.25) is 0 Å². The molecule has 1 heterocycles. The number of hydrogen-bond donors (Lipinski definition) is 2. The minimum absolute atomic E-state index is 0.0320. The average Bonchev–Trinajstić information content (AvgIpc) is 3.28. The van der Waals surface area contributed by atoms with Crippen molar-refractivity contribution in [3.05, 3.63) is 23.9 Å². The Labute approximate surface area is 126 Å². The number of nitrogens with zero attached hydrogens (tertiary/aromatic N) is 1. The van der Waals surface area contributed by atoms with Crippen molar-refractivity contribution >= 4 is 10.0 Å². The van der Waals surface area contributed by atoms with Crippen LogP contribution in [-0.2, 0) is 21.3 Å². The summed E-state index contributed by atoms with van der Waals surface area (Å²) in [4.78, 5) is 4.04. The summed E-state index contributed by atoms with van der Waals surface area (Å²) >= 11 is 0. The molecule has 0 saturated heterocycles. The van der Waals surface area contributed by atoms with E-state index in [0.717, 1.165) is 12.1 Å². The third-order valence-corrected chi connectivity index (χ3v) is 4.80. The zero-order chi connectivity index (χ0) is 15.5. The molecular weight excluding hydrogens is 290 g/mol. The number of methoxy groups -OCH3 is 1. The monoisotopic (exact) mass is 313 g/mol. The van der Waals surface area contributed by atoms with Crippen LogP contribution in [0.4, 0.5) is 0 Å². The molecule has 1 aliphatic carbocycles. The highest BCUT2D eigenvalue weighted by Crippen LogP contribution is 2.19. The van der Waals surface area contributed by atoms with Gasteiger partial charge in [-0.2, -0.15) is 0 Å². The zero-order valence-electron chi connectivity index (χ0n) is 12.7. The van der Waals surface area contributed by atoms with E-state index in [9.17, 15) is 8.42 Å². The van der Waals surface area contributed by atoms with Crippen molar-refractivity contribution in [2.45, 2.75) is 49.9 Å². The Morgan fingerprint density at radius 3 is 2.62 bits per heavy atom. The summed E-state index contributed by atoms with van der Waals surface area (Å²) in [5, 5.41) is 3.39. The van der Waals surface area contributed by atoms with Gasteiger partial charge in [0.05, 0.1) is 5.60 Å². The van der Waals surface area contributed by atoms with Gasteiger partial charge in [0.15, 0.2) is 5.03 Å². The Morgan fingerprint density at radius 2 is 2.10 bits per heavy atom. The van der Waals surface area contributed by atoms with Crippen molar-refractivity contribution in [3.63, 3.8) is 0 Å². The second-order valence-corrected chi connectivity index (χ2v) is 7.66. The van der Waals surface area contributed by atoms with Gasteiger partial charge in [-0.25, -0.2) is 18.1 Å². The number of sulfonamides is 1. The molecule has 1 aromatic rings. The van der Waals surface area contributed by atoms with Gasteiger partial charge < -0.3 is 10.1 Å². The van der Waals surface area contributed by atoms with Crippen LogP contribution in [0.2, 0.25) is 0 Å². The Bertz CT molecular complexity index is 566. The van der Waals surface area contributed by atoms with Gasteiger partial charge >= 0.3 is 0 Å². The van der Waals surface area contributed by atoms with Crippen molar-refractivity contribution in [3.8, 4) is 0 Å². The van der Waals surface area contributed by atoms with Gasteiger partial charge in [-0.3, -0.25) is 0 Å². The molecule has 21 heavy (non-hydrogen) atoms. The van der Waals surface area contributed by atoms with Gasteiger partial charge in [0, 0.05) is 32.4 Å². The summed E-state index contributed by atoms with van der Waals surface area (Å²) in [6.07, 6.45) is 4.05. The topological polar surface area (TPSA) is 80.3 Å². The Hall–Kier alpha value is -1.02. The minimum Gasteiger partial charge on any atom is -0.377 e. The molecule has 1 fully saturated rings. The van der Waals surface area contributed by atoms with Crippen LogP contribution in [0, 0.1) is 0 Å². The lowest BCUT2D eigenvalue weighted by Crippen LogP contribution is -2.39. The van der Waals surface area contributed by atoms with Gasteiger partial charge in [0.1, 0.15) is 0 Å². The molecule has 7 heteroatoms. The number of aromatic nitrogens is 1. The first-order valence-corrected chi connectivity index (χ1v) is 8.54. The van der Waals surface area contributed by atoms with Crippen molar-refractivity contribution in [2.24, 2.45) is 0 Å². The standard InChI is InChI=1S/C14H23N3O3S/c1-14(2,20-3)10-17-21(18,19)13-7-4-11(9-16-13)8-15-12-5-6-12/h4,7,9,12,15,17H,5-6,8,10H2,1-3H3. The van der Waals surface area contributed by atoms with Crippen LogP contribution in [0.15, 0.2) is 23.4 Å². The molecule has 1 saturated carbocycles. The molecule has 0 amide bonds. The number of pyridine rings is 1. The van der Waals surface area contributed by atoms with E-state index in [-0.39, 0.29) is 11.6 Å². The lowest BCUT2D eigenvalue weighted by atomic mass is 10.1. The fourth-order valence-corrected chi connectivity index (χ4v) is 2.76. The second-order valence-electron chi connectivity index (χ2n) is 5.95. The quantitative estimate of drug-likeness (QED) is 0.749. The molecule has 0 atom stereocenters. The molecule has 2 rings (SSSR count). The molecule has 1 aromatic heterocycles. The van der Waals surface area contributed by atoms with Gasteiger partial charge in [-0.05, 0) is 38.3 Å². The van der Waals surface area contributed by atoms with Crippen LogP contribution in [0.3, 0.4) is 0 Å². The maximum Gasteiger partial charge on any atom is 0.258 e. The third kappa shape index (κ3) is 5.03. The highest BCUT2D eigenvalue weighted by atomic mass is 32.2. The van der Waals surface area contributed by atoms with Crippen molar-refractivity contribution < 1.29 is 13.2 Å². The smallest absolute Gasteiger partial charge is 0.258 e. The summed E-state index contributed by atoms with van der Waals surface area (Å²) in [6, 6.07) is 3.94. The molecule has 1 aliphatic rings. The first-order valence-electron chi connectivity index (χ1n) is 7.05. The fourth-order valence-electron chi connectivity index (χ4n) is 1.64. The van der Waals surface area contributed by atoms with E-state index in [2.05, 4.69) is 15.0 Å². The Morgan fingerprint density at radius 1 is 1.38 bits per heavy atom. The average molecular weight is 313 g/mol. The first kappa shape index (κ1) is 16.4. The van der Waals surface area contributed by atoms with Crippen molar-refractivity contribution in [1.82, 2.24) is 15.0 Å². The van der Waals surface area contributed by atoms with E-state index in [1.54, 1.807) is 19.4 Å². The Kier molecular flexibility index (Phi) is 4.98. The number of rotatable bonds is 8. The molecule has 118 valence electrons. The van der Waals surface area contributed by atoms with E-state index in [0.29, 0.717) is 6.04 Å². The Balaban J connectivity index is 1.95. The predicted molar refractivity (Wildman–Crippen MR) is 80.4 cm³/mol. The highest BCUT2D eigenvalue weighted by Gasteiger charge is 2.23. The molecule has 0 spiro atoms. The minimum atomic E-state index is -3.60. The summed E-state index contributed by atoms with van der Waals surface area (Å²) in [6.45, 7) is 4.55. The molecule has 0 bridgehead atoms. The van der Waals surface area contributed by atoms with E-state index >= 15 is 0 Å². The maximum atomic E-state index is 12.1. The maximum absolute atomic E-state index is 12.1. The fraction of sp³-hybridized carbons (Fsp3) is 0.643. The summed E-state index contributed by atoms with van der Waals surface area (Å²) in [7, 11) is -2.05. The highest BCUT2D eigenvalue weighted by molar-refractivity contribution is 7.89. The molecule has 0 aliphatic heterocycles. The van der Waals surface area contributed by atoms with Crippen molar-refractivity contribution in [1.29, 1.82) is 0 Å². The normalized spacial score (nSPS) is 16.1. The molecule has 2 N–H and O–H groups in total. The zero-order valence-corrected chi connectivity index (χ0v) is 13.5. The number of ether oxygens (including phenoxy) is 1. The summed E-state index contributed by atoms with van der Waals surface area (Å²) in [5.74, 6) is 0. The van der Waals surface area contributed by atoms with Crippen LogP contribution in [0.1, 0.15) is 32.3 Å². The van der Waals surface area contributed by atoms with Crippen LogP contribution in [-0.4, -0.2) is 38.7 Å². The van der Waals surface area contributed by atoms with Crippen LogP contribution in [0.25, 0.3) is 0 Å². The van der Waals surface area contributed by atoms with Gasteiger partial charge in [-0.15, -0.1) is 0 Å². The SMILES string of the molecule is COC(C)(C)CNS(=O)(=O)c1ccc(CNC2CC2)cn1. The van der Waals surface area contributed by atoms with E-state index in [1.165, 1.54) is 18.9 Å². The van der Waals surface area contributed by atoms with Gasteiger partial charge in [0.25, 0.3) is 10.0 Å². The molecule has 0 unspecified atom stereocenters. The molecule has 0 radical (unpaired) electrons. The van der Waals surface area contributed by atoms with Crippen LogP contribution in [0.5, 0.6) is 0 Å². The lowest BCUT2D eigenvalue weighted by Gasteiger charge is -2.22. The summed E-state index contributed by atoms with van der Waals surface area (Å²) < 4.78 is 32.0. The molecule has 0 aromatic carbocycles. The number of hydrogen-bond acceptors (Lipinski definition) is 5. The molecule has 6 nitrogen and oxygen atoms in total. The van der Waals surface area contributed by atoms with Crippen LogP contribution >= 0.6 is 0 Å². The molecular formula is C14H23N3O3S. The number of nitrogens with one attached hydrogen (secondary N) is 2. The first-order chi connectivity index (χ1) is 9.82. The van der Waals surface area contributed by atoms with E-state index < -0.39 is 15.6 Å². The summed E-state index contributed by atoms with van der Waals surface area (Å²) in [5.41, 5.74) is 0.430.